The molecule has 1 saturated heterocycles. The van der Waals surface area contributed by atoms with Crippen LogP contribution in [0.1, 0.15) is 44.1 Å². The molecule has 4 amide bonds. The minimum Gasteiger partial charge on any atom is -0.335 e. The zero-order valence-electron chi connectivity index (χ0n) is 16.0. The maximum absolute atomic E-state index is 13.9. The fourth-order valence-electron chi connectivity index (χ4n) is 3.99. The van der Waals surface area contributed by atoms with E-state index in [9.17, 15) is 18.8 Å². The van der Waals surface area contributed by atoms with Crippen LogP contribution in [-0.4, -0.2) is 46.3 Å². The van der Waals surface area contributed by atoms with Crippen molar-refractivity contribution in [2.75, 3.05) is 13.1 Å². The summed E-state index contributed by atoms with van der Waals surface area (Å²) in [7, 11) is 0. The molecule has 1 N–H and O–H groups in total. The zero-order valence-corrected chi connectivity index (χ0v) is 16.0. The number of imide groups is 1. The highest BCUT2D eigenvalue weighted by molar-refractivity contribution is 6.07. The number of hydrogen-bond donors (Lipinski definition) is 1. The predicted molar refractivity (Wildman–Crippen MR) is 103 cm³/mol. The van der Waals surface area contributed by atoms with Crippen molar-refractivity contribution in [3.8, 4) is 0 Å². The van der Waals surface area contributed by atoms with Crippen LogP contribution in [0, 0.1) is 5.82 Å². The highest BCUT2D eigenvalue weighted by Gasteiger charge is 2.52. The van der Waals surface area contributed by atoms with Crippen molar-refractivity contribution in [2.45, 2.75) is 50.6 Å². The molecule has 0 unspecified atom stereocenters. The van der Waals surface area contributed by atoms with E-state index in [1.54, 1.807) is 24.3 Å². The van der Waals surface area contributed by atoms with Crippen molar-refractivity contribution in [2.24, 2.45) is 0 Å². The molecule has 28 heavy (non-hydrogen) atoms. The second kappa shape index (κ2) is 8.54. The average Bonchev–Trinajstić information content (AvgIpc) is 3.23. The maximum Gasteiger partial charge on any atom is 0.325 e. The van der Waals surface area contributed by atoms with Crippen LogP contribution in [0.25, 0.3) is 0 Å². The highest BCUT2D eigenvalue weighted by atomic mass is 19.1. The van der Waals surface area contributed by atoms with E-state index >= 15 is 0 Å². The first-order chi connectivity index (χ1) is 13.5. The van der Waals surface area contributed by atoms with Gasteiger partial charge in [-0.2, -0.15) is 0 Å². The molecule has 1 aromatic rings. The van der Waals surface area contributed by atoms with Gasteiger partial charge in [-0.25, -0.2) is 9.18 Å². The molecule has 1 aliphatic heterocycles. The van der Waals surface area contributed by atoms with Gasteiger partial charge >= 0.3 is 6.03 Å². The molecule has 0 aromatic heterocycles. The van der Waals surface area contributed by atoms with Crippen molar-refractivity contribution >= 4 is 17.8 Å². The van der Waals surface area contributed by atoms with E-state index in [-0.39, 0.29) is 43.2 Å². The lowest BCUT2D eigenvalue weighted by atomic mass is 9.98. The van der Waals surface area contributed by atoms with Gasteiger partial charge in [-0.3, -0.25) is 14.5 Å². The standard InChI is InChI=1S/C21H26FN3O3/c1-2-13-24(15-16-8-3-4-9-17(16)22)18(26)10-7-14-25-19(27)21(23-20(25)28)11-5-6-12-21/h2-4,8-9H,1,5-7,10-15H2,(H,23,28). The van der Waals surface area contributed by atoms with Crippen LogP contribution in [-0.2, 0) is 16.1 Å². The van der Waals surface area contributed by atoms with Crippen molar-refractivity contribution in [3.05, 3.63) is 48.3 Å². The summed E-state index contributed by atoms with van der Waals surface area (Å²) in [6.07, 6.45) is 5.38. The smallest absolute Gasteiger partial charge is 0.325 e. The van der Waals surface area contributed by atoms with Gasteiger partial charge in [0.1, 0.15) is 11.4 Å². The van der Waals surface area contributed by atoms with Crippen LogP contribution in [0.2, 0.25) is 0 Å². The van der Waals surface area contributed by atoms with Crippen molar-refractivity contribution in [3.63, 3.8) is 0 Å². The third-order valence-corrected chi connectivity index (χ3v) is 5.50. The quantitative estimate of drug-likeness (QED) is 0.551. The number of hydrogen-bond acceptors (Lipinski definition) is 3. The molecule has 3 rings (SSSR count). The fraction of sp³-hybridized carbons (Fsp3) is 0.476. The first kappa shape index (κ1) is 20.0. The Bertz CT molecular complexity index is 774. The minimum absolute atomic E-state index is 0.157. The average molecular weight is 387 g/mol. The normalized spacial score (nSPS) is 17.8. The fourth-order valence-corrected chi connectivity index (χ4v) is 3.99. The monoisotopic (exact) mass is 387 g/mol. The van der Waals surface area contributed by atoms with Crippen LogP contribution < -0.4 is 5.32 Å². The number of carbonyl (C=O) groups is 3. The Morgan fingerprint density at radius 1 is 1.29 bits per heavy atom. The van der Waals surface area contributed by atoms with Crippen LogP contribution >= 0.6 is 0 Å². The molecule has 1 aliphatic carbocycles. The molecular weight excluding hydrogens is 361 g/mol. The maximum atomic E-state index is 13.9. The SMILES string of the molecule is C=CCN(Cc1ccccc1F)C(=O)CCCN1C(=O)NC2(CCCC2)C1=O. The van der Waals surface area contributed by atoms with Gasteiger partial charge in [0.2, 0.25) is 5.91 Å². The second-order valence-corrected chi connectivity index (χ2v) is 7.43. The first-order valence-electron chi connectivity index (χ1n) is 9.73. The summed E-state index contributed by atoms with van der Waals surface area (Å²) < 4.78 is 13.9. The van der Waals surface area contributed by atoms with E-state index in [1.807, 2.05) is 0 Å². The van der Waals surface area contributed by atoms with E-state index in [0.29, 0.717) is 31.4 Å². The molecule has 1 aromatic carbocycles. The van der Waals surface area contributed by atoms with Gasteiger partial charge < -0.3 is 10.2 Å². The summed E-state index contributed by atoms with van der Waals surface area (Å²) in [5, 5.41) is 2.84. The van der Waals surface area contributed by atoms with Gasteiger partial charge in [-0.05, 0) is 25.3 Å². The Kier molecular flexibility index (Phi) is 6.11. The number of nitrogens with zero attached hydrogens (tertiary/aromatic N) is 2. The Labute approximate surface area is 164 Å². The third-order valence-electron chi connectivity index (χ3n) is 5.50. The summed E-state index contributed by atoms with van der Waals surface area (Å²) in [4.78, 5) is 40.1. The summed E-state index contributed by atoms with van der Waals surface area (Å²) in [6, 6.07) is 5.97. The van der Waals surface area contributed by atoms with Gasteiger partial charge in [0.05, 0.1) is 0 Å². The predicted octanol–water partition coefficient (Wildman–Crippen LogP) is 2.99. The molecule has 0 bridgehead atoms. The molecule has 7 heteroatoms. The Morgan fingerprint density at radius 3 is 2.68 bits per heavy atom. The lowest BCUT2D eigenvalue weighted by Crippen LogP contribution is -2.44. The third kappa shape index (κ3) is 4.08. The zero-order chi connectivity index (χ0) is 20.1. The molecule has 150 valence electrons. The topological polar surface area (TPSA) is 69.7 Å². The van der Waals surface area contributed by atoms with Crippen molar-refractivity contribution in [1.29, 1.82) is 0 Å². The van der Waals surface area contributed by atoms with Crippen LogP contribution in [0.4, 0.5) is 9.18 Å². The highest BCUT2D eigenvalue weighted by Crippen LogP contribution is 2.35. The summed E-state index contributed by atoms with van der Waals surface area (Å²) in [5.41, 5.74) is -0.282. The van der Waals surface area contributed by atoms with Gasteiger partial charge in [-0.15, -0.1) is 6.58 Å². The Hall–Kier alpha value is -2.70. The number of urea groups is 1. The molecule has 2 aliphatic rings. The van der Waals surface area contributed by atoms with Crippen molar-refractivity contribution in [1.82, 2.24) is 15.1 Å². The lowest BCUT2D eigenvalue weighted by Gasteiger charge is -2.22. The number of carbonyl (C=O) groups excluding carboxylic acids is 3. The van der Waals surface area contributed by atoms with E-state index < -0.39 is 5.54 Å². The lowest BCUT2D eigenvalue weighted by molar-refractivity contribution is -0.133. The summed E-state index contributed by atoms with van der Waals surface area (Å²) in [6.45, 7) is 4.33. The minimum atomic E-state index is -0.721. The number of benzene rings is 1. The van der Waals surface area contributed by atoms with E-state index in [4.69, 9.17) is 0 Å². The Balaban J connectivity index is 1.54. The molecule has 0 radical (unpaired) electrons. The summed E-state index contributed by atoms with van der Waals surface area (Å²) in [5.74, 6) is -0.687. The number of nitrogens with one attached hydrogen (secondary N) is 1. The Morgan fingerprint density at radius 2 is 2.00 bits per heavy atom. The van der Waals surface area contributed by atoms with Crippen LogP contribution in [0.15, 0.2) is 36.9 Å². The van der Waals surface area contributed by atoms with Gasteiger partial charge in [0.15, 0.2) is 0 Å². The first-order valence-corrected chi connectivity index (χ1v) is 9.73. The van der Waals surface area contributed by atoms with Gasteiger partial charge in [-0.1, -0.05) is 37.1 Å². The molecular formula is C21H26FN3O3. The van der Waals surface area contributed by atoms with Crippen molar-refractivity contribution < 1.29 is 18.8 Å². The number of amides is 4. The van der Waals surface area contributed by atoms with Crippen LogP contribution in [0.5, 0.6) is 0 Å². The molecule has 0 atom stereocenters. The van der Waals surface area contributed by atoms with E-state index in [0.717, 1.165) is 12.8 Å². The molecule has 1 saturated carbocycles. The van der Waals surface area contributed by atoms with E-state index in [2.05, 4.69) is 11.9 Å². The number of rotatable bonds is 8. The van der Waals surface area contributed by atoms with Gasteiger partial charge in [0.25, 0.3) is 5.91 Å². The molecule has 6 nitrogen and oxygen atoms in total. The second-order valence-electron chi connectivity index (χ2n) is 7.43. The number of halogens is 1. The molecule has 1 heterocycles. The summed E-state index contributed by atoms with van der Waals surface area (Å²) >= 11 is 0. The molecule has 2 fully saturated rings. The molecule has 1 spiro atoms. The van der Waals surface area contributed by atoms with Gasteiger partial charge in [0, 0.05) is 31.6 Å². The van der Waals surface area contributed by atoms with Crippen LogP contribution in [0.3, 0.4) is 0 Å². The largest absolute Gasteiger partial charge is 0.335 e. The van der Waals surface area contributed by atoms with E-state index in [1.165, 1.54) is 15.9 Å².